The average molecular weight is 350 g/mol. The lowest BCUT2D eigenvalue weighted by molar-refractivity contribution is -0.151. The summed E-state index contributed by atoms with van der Waals surface area (Å²) in [6.07, 6.45) is 0.792. The SMILES string of the molecule is CC(C)(C)OCCCOc1ccc(C(=O)COC(=O)C(C)(C)C)cc1. The van der Waals surface area contributed by atoms with Gasteiger partial charge in [0.1, 0.15) is 5.75 Å². The van der Waals surface area contributed by atoms with Gasteiger partial charge in [-0.3, -0.25) is 9.59 Å². The van der Waals surface area contributed by atoms with Crippen molar-refractivity contribution in [3.8, 4) is 5.75 Å². The summed E-state index contributed by atoms with van der Waals surface area (Å²) < 4.78 is 16.3. The van der Waals surface area contributed by atoms with E-state index in [1.165, 1.54) is 0 Å². The number of ketones is 1. The van der Waals surface area contributed by atoms with Crippen molar-refractivity contribution >= 4 is 11.8 Å². The van der Waals surface area contributed by atoms with Crippen molar-refractivity contribution in [1.82, 2.24) is 0 Å². The van der Waals surface area contributed by atoms with E-state index in [2.05, 4.69) is 0 Å². The van der Waals surface area contributed by atoms with Gasteiger partial charge in [0.2, 0.25) is 0 Å². The Bertz CT molecular complexity index is 561. The first-order valence-electron chi connectivity index (χ1n) is 8.56. The molecule has 0 amide bonds. The molecule has 0 unspecified atom stereocenters. The summed E-state index contributed by atoms with van der Waals surface area (Å²) in [6, 6.07) is 6.83. The first-order chi connectivity index (χ1) is 11.5. The molecule has 0 heterocycles. The van der Waals surface area contributed by atoms with Crippen molar-refractivity contribution in [2.45, 2.75) is 53.6 Å². The molecule has 1 aromatic carbocycles. The fraction of sp³-hybridized carbons (Fsp3) is 0.600. The maximum atomic E-state index is 12.0. The summed E-state index contributed by atoms with van der Waals surface area (Å²) in [5.41, 5.74) is -0.266. The topological polar surface area (TPSA) is 61.8 Å². The number of benzene rings is 1. The zero-order chi connectivity index (χ0) is 19.1. The summed E-state index contributed by atoms with van der Waals surface area (Å²) >= 11 is 0. The van der Waals surface area contributed by atoms with E-state index < -0.39 is 11.4 Å². The smallest absolute Gasteiger partial charge is 0.311 e. The predicted molar refractivity (Wildman–Crippen MR) is 97.0 cm³/mol. The third kappa shape index (κ3) is 8.68. The fourth-order valence-electron chi connectivity index (χ4n) is 1.80. The van der Waals surface area contributed by atoms with E-state index in [1.807, 2.05) is 20.8 Å². The van der Waals surface area contributed by atoms with Gasteiger partial charge in [0, 0.05) is 12.0 Å². The van der Waals surface area contributed by atoms with E-state index in [-0.39, 0.29) is 18.0 Å². The van der Waals surface area contributed by atoms with Crippen LogP contribution in [0.2, 0.25) is 0 Å². The third-order valence-corrected chi connectivity index (χ3v) is 3.22. The summed E-state index contributed by atoms with van der Waals surface area (Å²) in [7, 11) is 0. The Morgan fingerprint density at radius 3 is 2.04 bits per heavy atom. The molecular formula is C20H30O5. The maximum absolute atomic E-state index is 12.0. The highest BCUT2D eigenvalue weighted by Gasteiger charge is 2.24. The molecule has 0 atom stereocenters. The van der Waals surface area contributed by atoms with Gasteiger partial charge in [-0.15, -0.1) is 0 Å². The van der Waals surface area contributed by atoms with Gasteiger partial charge in [0.05, 0.1) is 24.2 Å². The normalized spacial score (nSPS) is 11.9. The molecule has 1 rings (SSSR count). The lowest BCUT2D eigenvalue weighted by Crippen LogP contribution is -2.25. The summed E-state index contributed by atoms with van der Waals surface area (Å²) in [5, 5.41) is 0. The monoisotopic (exact) mass is 350 g/mol. The van der Waals surface area contributed by atoms with Crippen LogP contribution in [-0.2, 0) is 14.3 Å². The van der Waals surface area contributed by atoms with Gasteiger partial charge in [-0.05, 0) is 65.8 Å². The maximum Gasteiger partial charge on any atom is 0.311 e. The van der Waals surface area contributed by atoms with Crippen LogP contribution in [0.1, 0.15) is 58.3 Å². The molecule has 1 aromatic rings. The van der Waals surface area contributed by atoms with E-state index in [0.717, 1.165) is 6.42 Å². The highest BCUT2D eigenvalue weighted by Crippen LogP contribution is 2.16. The Kier molecular flexibility index (Phi) is 7.61. The first-order valence-corrected chi connectivity index (χ1v) is 8.56. The van der Waals surface area contributed by atoms with Crippen LogP contribution in [0.15, 0.2) is 24.3 Å². The first kappa shape index (κ1) is 21.2. The molecule has 0 radical (unpaired) electrons. The fourth-order valence-corrected chi connectivity index (χ4v) is 1.80. The Labute approximate surface area is 150 Å². The van der Waals surface area contributed by atoms with Crippen molar-refractivity contribution < 1.29 is 23.8 Å². The van der Waals surface area contributed by atoms with Crippen LogP contribution in [0.5, 0.6) is 5.75 Å². The summed E-state index contributed by atoms with van der Waals surface area (Å²) in [6.45, 7) is 12.2. The highest BCUT2D eigenvalue weighted by atomic mass is 16.5. The van der Waals surface area contributed by atoms with Crippen molar-refractivity contribution in [3.63, 3.8) is 0 Å². The number of rotatable bonds is 8. The Balaban J connectivity index is 2.38. The number of esters is 1. The lowest BCUT2D eigenvalue weighted by atomic mass is 9.97. The lowest BCUT2D eigenvalue weighted by Gasteiger charge is -2.19. The molecule has 5 nitrogen and oxygen atoms in total. The molecule has 0 saturated heterocycles. The molecule has 0 aliphatic heterocycles. The minimum Gasteiger partial charge on any atom is -0.494 e. The van der Waals surface area contributed by atoms with Gasteiger partial charge >= 0.3 is 5.97 Å². The zero-order valence-corrected chi connectivity index (χ0v) is 16.2. The molecule has 0 spiro atoms. The molecule has 0 aliphatic carbocycles. The van der Waals surface area contributed by atoms with Gasteiger partial charge in [0.25, 0.3) is 0 Å². The van der Waals surface area contributed by atoms with Gasteiger partial charge < -0.3 is 14.2 Å². The standard InChI is InChI=1S/C20H30O5/c1-19(2,3)18(22)24-14-17(21)15-8-10-16(11-9-15)23-12-7-13-25-20(4,5)6/h8-11H,7,12-14H2,1-6H3. The Hall–Kier alpha value is -1.88. The second-order valence-corrected chi connectivity index (χ2v) is 7.94. The molecule has 0 fully saturated rings. The van der Waals surface area contributed by atoms with Crippen LogP contribution in [0.25, 0.3) is 0 Å². The van der Waals surface area contributed by atoms with Crippen LogP contribution < -0.4 is 4.74 Å². The minimum atomic E-state index is -0.616. The van der Waals surface area contributed by atoms with Gasteiger partial charge in [-0.25, -0.2) is 0 Å². The zero-order valence-electron chi connectivity index (χ0n) is 16.2. The van der Waals surface area contributed by atoms with Crippen LogP contribution in [0, 0.1) is 5.41 Å². The van der Waals surface area contributed by atoms with Gasteiger partial charge in [-0.2, -0.15) is 0 Å². The van der Waals surface area contributed by atoms with Crippen LogP contribution in [0.4, 0.5) is 0 Å². The minimum absolute atomic E-state index is 0.140. The number of Topliss-reactive ketones (excluding diaryl/α,β-unsaturated/α-hetero) is 1. The van der Waals surface area contributed by atoms with Crippen molar-refractivity contribution in [1.29, 1.82) is 0 Å². The number of ether oxygens (including phenoxy) is 3. The molecule has 0 N–H and O–H groups in total. The van der Waals surface area contributed by atoms with E-state index in [4.69, 9.17) is 14.2 Å². The number of carbonyl (C=O) groups excluding carboxylic acids is 2. The average Bonchev–Trinajstić information content (AvgIpc) is 2.50. The number of hydrogen-bond donors (Lipinski definition) is 0. The third-order valence-electron chi connectivity index (χ3n) is 3.22. The molecular weight excluding hydrogens is 320 g/mol. The van der Waals surface area contributed by atoms with E-state index in [1.54, 1.807) is 45.0 Å². The Morgan fingerprint density at radius 1 is 0.920 bits per heavy atom. The second kappa shape index (κ2) is 8.99. The van der Waals surface area contributed by atoms with Crippen LogP contribution in [-0.4, -0.2) is 37.2 Å². The van der Waals surface area contributed by atoms with Crippen LogP contribution >= 0.6 is 0 Å². The van der Waals surface area contributed by atoms with Gasteiger partial charge in [0.15, 0.2) is 12.4 Å². The molecule has 5 heteroatoms. The number of hydrogen-bond acceptors (Lipinski definition) is 5. The molecule has 140 valence electrons. The quantitative estimate of drug-likeness (QED) is 0.402. The van der Waals surface area contributed by atoms with Crippen molar-refractivity contribution in [3.05, 3.63) is 29.8 Å². The van der Waals surface area contributed by atoms with Gasteiger partial charge in [-0.1, -0.05) is 0 Å². The Morgan fingerprint density at radius 2 is 1.52 bits per heavy atom. The predicted octanol–water partition coefficient (Wildman–Crippen LogP) is 4.04. The van der Waals surface area contributed by atoms with E-state index in [9.17, 15) is 9.59 Å². The van der Waals surface area contributed by atoms with Crippen molar-refractivity contribution in [2.75, 3.05) is 19.8 Å². The molecule has 0 aromatic heterocycles. The second-order valence-electron chi connectivity index (χ2n) is 7.94. The molecule has 25 heavy (non-hydrogen) atoms. The largest absolute Gasteiger partial charge is 0.494 e. The summed E-state index contributed by atoms with van der Waals surface area (Å²) in [4.78, 5) is 23.7. The van der Waals surface area contributed by atoms with Crippen LogP contribution in [0.3, 0.4) is 0 Å². The summed E-state index contributed by atoms with van der Waals surface area (Å²) in [5.74, 6) is 0.0694. The molecule has 0 bridgehead atoms. The highest BCUT2D eigenvalue weighted by molar-refractivity contribution is 5.98. The van der Waals surface area contributed by atoms with E-state index >= 15 is 0 Å². The van der Waals surface area contributed by atoms with E-state index in [0.29, 0.717) is 24.5 Å². The molecule has 0 aliphatic rings. The molecule has 0 saturated carbocycles. The number of carbonyl (C=O) groups is 2. The van der Waals surface area contributed by atoms with Crippen molar-refractivity contribution in [2.24, 2.45) is 5.41 Å².